The third kappa shape index (κ3) is 4.78. The number of nitrogens with one attached hydrogen (secondary N) is 1. The van der Waals surface area contributed by atoms with E-state index in [0.29, 0.717) is 6.54 Å². The fourth-order valence-electron chi connectivity index (χ4n) is 2.52. The number of aromatic nitrogens is 1. The van der Waals surface area contributed by atoms with Crippen LogP contribution in [0.2, 0.25) is 0 Å². The lowest BCUT2D eigenvalue weighted by molar-refractivity contribution is -0.117. The van der Waals surface area contributed by atoms with Gasteiger partial charge < -0.3 is 10.4 Å². The summed E-state index contributed by atoms with van der Waals surface area (Å²) in [5.74, 6) is -0.175. The Kier molecular flexibility index (Phi) is 5.30. The Hall–Kier alpha value is -1.68. The van der Waals surface area contributed by atoms with Crippen LogP contribution in [-0.4, -0.2) is 28.1 Å². The molecule has 0 atom stereocenters. The highest BCUT2D eigenvalue weighted by Crippen LogP contribution is 2.26. The van der Waals surface area contributed by atoms with Crippen molar-refractivity contribution in [2.24, 2.45) is 0 Å². The molecule has 1 aliphatic carbocycles. The molecule has 2 N–H and O–H groups in total. The van der Waals surface area contributed by atoms with Crippen molar-refractivity contribution in [3.63, 3.8) is 0 Å². The van der Waals surface area contributed by atoms with E-state index in [1.165, 1.54) is 18.9 Å². The molecule has 0 aromatic carbocycles. The minimum absolute atomic E-state index is 0.175. The molecule has 1 aliphatic rings. The van der Waals surface area contributed by atoms with Crippen LogP contribution in [0.15, 0.2) is 30.6 Å². The number of carbonyl (C=O) groups is 1. The third-order valence-electron chi connectivity index (χ3n) is 3.74. The second-order valence-corrected chi connectivity index (χ2v) is 5.48. The van der Waals surface area contributed by atoms with E-state index in [1.54, 1.807) is 18.5 Å². The van der Waals surface area contributed by atoms with Gasteiger partial charge in [-0.05, 0) is 30.5 Å². The quantitative estimate of drug-likeness (QED) is 0.654. The van der Waals surface area contributed by atoms with Gasteiger partial charge in [0.25, 0.3) is 0 Å². The third-order valence-corrected chi connectivity index (χ3v) is 3.74. The van der Waals surface area contributed by atoms with Crippen molar-refractivity contribution in [3.8, 4) is 0 Å². The van der Waals surface area contributed by atoms with Crippen molar-refractivity contribution >= 4 is 12.0 Å². The minimum Gasteiger partial charge on any atom is -0.388 e. The normalized spacial score (nSPS) is 18.6. The maximum atomic E-state index is 11.8. The lowest BCUT2D eigenvalue weighted by atomic mass is 9.94. The molecule has 108 valence electrons. The van der Waals surface area contributed by atoms with Gasteiger partial charge in [0.05, 0.1) is 5.60 Å². The lowest BCUT2D eigenvalue weighted by Gasteiger charge is -2.26. The topological polar surface area (TPSA) is 62.2 Å². The van der Waals surface area contributed by atoms with Crippen LogP contribution in [0.25, 0.3) is 6.08 Å². The molecule has 4 heteroatoms. The molecule has 1 amide bonds. The Bertz CT molecular complexity index is 449. The van der Waals surface area contributed by atoms with Gasteiger partial charge >= 0.3 is 0 Å². The van der Waals surface area contributed by atoms with Crippen LogP contribution in [0, 0.1) is 0 Å². The van der Waals surface area contributed by atoms with E-state index < -0.39 is 5.60 Å². The Morgan fingerprint density at radius 2 is 2.10 bits per heavy atom. The molecule has 0 saturated heterocycles. The van der Waals surface area contributed by atoms with E-state index in [9.17, 15) is 9.90 Å². The molecular weight excluding hydrogens is 252 g/mol. The number of rotatable bonds is 4. The van der Waals surface area contributed by atoms with Gasteiger partial charge in [-0.2, -0.15) is 0 Å². The number of aliphatic hydroxyl groups is 1. The van der Waals surface area contributed by atoms with Gasteiger partial charge in [0.15, 0.2) is 0 Å². The summed E-state index contributed by atoms with van der Waals surface area (Å²) in [7, 11) is 0. The lowest BCUT2D eigenvalue weighted by Crippen LogP contribution is -2.42. The summed E-state index contributed by atoms with van der Waals surface area (Å²) in [4.78, 5) is 15.7. The molecule has 20 heavy (non-hydrogen) atoms. The summed E-state index contributed by atoms with van der Waals surface area (Å²) >= 11 is 0. The number of hydrogen-bond acceptors (Lipinski definition) is 3. The van der Waals surface area contributed by atoms with Crippen molar-refractivity contribution in [2.45, 2.75) is 44.1 Å². The summed E-state index contributed by atoms with van der Waals surface area (Å²) in [6.07, 6.45) is 12.6. The van der Waals surface area contributed by atoms with Crippen LogP contribution >= 0.6 is 0 Å². The molecule has 1 fully saturated rings. The molecule has 1 heterocycles. The number of nitrogens with zero attached hydrogens (tertiary/aromatic N) is 1. The maximum absolute atomic E-state index is 11.8. The largest absolute Gasteiger partial charge is 0.388 e. The Morgan fingerprint density at radius 1 is 1.35 bits per heavy atom. The highest BCUT2D eigenvalue weighted by Gasteiger charge is 2.27. The monoisotopic (exact) mass is 274 g/mol. The fraction of sp³-hybridized carbons (Fsp3) is 0.500. The zero-order valence-corrected chi connectivity index (χ0v) is 11.7. The van der Waals surface area contributed by atoms with E-state index in [-0.39, 0.29) is 5.91 Å². The Labute approximate surface area is 119 Å². The summed E-state index contributed by atoms with van der Waals surface area (Å²) in [6.45, 7) is 0.337. The molecule has 4 nitrogen and oxygen atoms in total. The van der Waals surface area contributed by atoms with Crippen LogP contribution < -0.4 is 5.32 Å². The molecule has 0 aliphatic heterocycles. The number of amides is 1. The fourth-order valence-corrected chi connectivity index (χ4v) is 2.52. The SMILES string of the molecule is O=C(C=Cc1cccnc1)NCC1(O)CCCCCC1. The smallest absolute Gasteiger partial charge is 0.244 e. The first kappa shape index (κ1) is 14.7. The van der Waals surface area contributed by atoms with Crippen molar-refractivity contribution in [1.29, 1.82) is 0 Å². The summed E-state index contributed by atoms with van der Waals surface area (Å²) in [5.41, 5.74) is 0.157. The van der Waals surface area contributed by atoms with Gasteiger partial charge in [-0.25, -0.2) is 0 Å². The second kappa shape index (κ2) is 7.20. The van der Waals surface area contributed by atoms with Gasteiger partial charge in [0.1, 0.15) is 0 Å². The summed E-state index contributed by atoms with van der Waals surface area (Å²) < 4.78 is 0. The van der Waals surface area contributed by atoms with Crippen LogP contribution in [0.4, 0.5) is 0 Å². The molecule has 0 radical (unpaired) electrons. The molecule has 1 aromatic rings. The molecule has 0 spiro atoms. The average Bonchev–Trinajstić information content (AvgIpc) is 2.69. The van der Waals surface area contributed by atoms with Crippen molar-refractivity contribution < 1.29 is 9.90 Å². The van der Waals surface area contributed by atoms with E-state index in [0.717, 1.165) is 31.2 Å². The predicted octanol–water partition coefficient (Wildman–Crippen LogP) is 2.30. The number of pyridine rings is 1. The number of hydrogen-bond donors (Lipinski definition) is 2. The highest BCUT2D eigenvalue weighted by atomic mass is 16.3. The van der Waals surface area contributed by atoms with Crippen LogP contribution in [0.5, 0.6) is 0 Å². The minimum atomic E-state index is -0.728. The van der Waals surface area contributed by atoms with Crippen LogP contribution in [-0.2, 0) is 4.79 Å². The number of carbonyl (C=O) groups excluding carboxylic acids is 1. The predicted molar refractivity (Wildman–Crippen MR) is 78.9 cm³/mol. The van der Waals surface area contributed by atoms with Gasteiger partial charge in [0.2, 0.25) is 5.91 Å². The van der Waals surface area contributed by atoms with E-state index in [2.05, 4.69) is 10.3 Å². The van der Waals surface area contributed by atoms with E-state index >= 15 is 0 Å². The first-order valence-electron chi connectivity index (χ1n) is 7.26. The van der Waals surface area contributed by atoms with Gasteiger partial charge in [-0.3, -0.25) is 9.78 Å². The van der Waals surface area contributed by atoms with Crippen LogP contribution in [0.3, 0.4) is 0 Å². The summed E-state index contributed by atoms with van der Waals surface area (Å²) in [6, 6.07) is 3.71. The molecular formula is C16H22N2O2. The van der Waals surface area contributed by atoms with Crippen molar-refractivity contribution in [2.75, 3.05) is 6.54 Å². The first-order valence-corrected chi connectivity index (χ1v) is 7.26. The maximum Gasteiger partial charge on any atom is 0.244 e. The highest BCUT2D eigenvalue weighted by molar-refractivity contribution is 5.91. The van der Waals surface area contributed by atoms with Crippen LogP contribution in [0.1, 0.15) is 44.1 Å². The van der Waals surface area contributed by atoms with Gasteiger partial charge in [-0.1, -0.05) is 31.7 Å². The first-order chi connectivity index (χ1) is 9.68. The van der Waals surface area contributed by atoms with E-state index in [4.69, 9.17) is 0 Å². The summed E-state index contributed by atoms with van der Waals surface area (Å²) in [5, 5.41) is 13.2. The zero-order valence-electron chi connectivity index (χ0n) is 11.7. The van der Waals surface area contributed by atoms with E-state index in [1.807, 2.05) is 12.1 Å². The standard InChI is InChI=1S/C16H22N2O2/c19-15(8-7-14-6-5-11-17-12-14)18-13-16(20)9-3-1-2-4-10-16/h5-8,11-12,20H,1-4,9-10,13H2,(H,18,19). The zero-order chi connectivity index (χ0) is 14.3. The average molecular weight is 274 g/mol. The molecule has 2 rings (SSSR count). The Balaban J connectivity index is 1.81. The second-order valence-electron chi connectivity index (χ2n) is 5.48. The Morgan fingerprint density at radius 3 is 2.75 bits per heavy atom. The van der Waals surface area contributed by atoms with Crippen molar-refractivity contribution in [3.05, 3.63) is 36.2 Å². The molecule has 0 bridgehead atoms. The van der Waals surface area contributed by atoms with Gasteiger partial charge in [-0.15, -0.1) is 0 Å². The molecule has 1 saturated carbocycles. The van der Waals surface area contributed by atoms with Crippen molar-refractivity contribution in [1.82, 2.24) is 10.3 Å². The molecule has 1 aromatic heterocycles. The molecule has 0 unspecified atom stereocenters. The van der Waals surface area contributed by atoms with Gasteiger partial charge in [0, 0.05) is 25.0 Å².